The number of alkyl halides is 3. The number of methoxy groups -OCH3 is 1. The van der Waals surface area contributed by atoms with Crippen LogP contribution in [0.4, 0.5) is 28.9 Å². The standard InChI is InChI=1S/C17H14F4N2O2/c1-25-15(24)9-8-11-4-2-7-14(18)16(11)23-22-13-6-3-5-12(10-13)17(19,20)21/h2-10,22-23H,1H3/b9-8+. The van der Waals surface area contributed by atoms with Crippen LogP contribution in [0.1, 0.15) is 11.1 Å². The van der Waals surface area contributed by atoms with Crippen molar-refractivity contribution in [3.05, 3.63) is 65.5 Å². The molecule has 0 unspecified atom stereocenters. The highest BCUT2D eigenvalue weighted by molar-refractivity contribution is 5.88. The third-order valence-corrected chi connectivity index (χ3v) is 3.17. The first kappa shape index (κ1) is 18.3. The van der Waals surface area contributed by atoms with E-state index in [-0.39, 0.29) is 11.4 Å². The SMILES string of the molecule is COC(=O)/C=C/c1cccc(F)c1NNc1cccc(C(F)(F)F)c1. The molecule has 0 radical (unpaired) electrons. The Balaban J connectivity index is 2.21. The average Bonchev–Trinajstić information content (AvgIpc) is 2.58. The number of nitrogens with one attached hydrogen (secondary N) is 2. The lowest BCUT2D eigenvalue weighted by atomic mass is 10.1. The number of carbonyl (C=O) groups excluding carboxylic acids is 1. The van der Waals surface area contributed by atoms with E-state index in [2.05, 4.69) is 15.6 Å². The fourth-order valence-corrected chi connectivity index (χ4v) is 1.95. The summed E-state index contributed by atoms with van der Waals surface area (Å²) in [6.07, 6.45) is -2.06. The molecule has 132 valence electrons. The Bertz CT molecular complexity index is 788. The lowest BCUT2D eigenvalue weighted by molar-refractivity contribution is -0.137. The molecule has 0 bridgehead atoms. The number of rotatable bonds is 5. The van der Waals surface area contributed by atoms with Crippen LogP contribution >= 0.6 is 0 Å². The summed E-state index contributed by atoms with van der Waals surface area (Å²) in [6, 6.07) is 8.57. The van der Waals surface area contributed by atoms with Gasteiger partial charge in [0.2, 0.25) is 0 Å². The molecule has 0 saturated heterocycles. The van der Waals surface area contributed by atoms with Crippen molar-refractivity contribution in [2.24, 2.45) is 0 Å². The Morgan fingerprint density at radius 1 is 1.12 bits per heavy atom. The summed E-state index contributed by atoms with van der Waals surface area (Å²) in [5.74, 6) is -1.27. The summed E-state index contributed by atoms with van der Waals surface area (Å²) in [5.41, 5.74) is 4.58. The van der Waals surface area contributed by atoms with E-state index in [1.54, 1.807) is 0 Å². The van der Waals surface area contributed by atoms with Crippen LogP contribution < -0.4 is 10.9 Å². The number of anilines is 2. The zero-order valence-electron chi connectivity index (χ0n) is 13.0. The molecule has 0 aliphatic carbocycles. The number of esters is 1. The molecule has 0 aliphatic rings. The minimum absolute atomic E-state index is 0.0277. The zero-order chi connectivity index (χ0) is 18.4. The summed E-state index contributed by atoms with van der Waals surface area (Å²) in [5, 5.41) is 0. The van der Waals surface area contributed by atoms with Gasteiger partial charge in [0.25, 0.3) is 0 Å². The van der Waals surface area contributed by atoms with Gasteiger partial charge in [0.15, 0.2) is 0 Å². The van der Waals surface area contributed by atoms with E-state index in [1.165, 1.54) is 43.5 Å². The number of ether oxygens (including phenoxy) is 1. The van der Waals surface area contributed by atoms with E-state index in [9.17, 15) is 22.4 Å². The van der Waals surface area contributed by atoms with Crippen LogP contribution in [0.5, 0.6) is 0 Å². The molecular weight excluding hydrogens is 340 g/mol. The lowest BCUT2D eigenvalue weighted by Gasteiger charge is -2.14. The minimum Gasteiger partial charge on any atom is -0.466 e. The fourth-order valence-electron chi connectivity index (χ4n) is 1.95. The number of carbonyl (C=O) groups is 1. The normalized spacial score (nSPS) is 11.4. The van der Waals surface area contributed by atoms with Gasteiger partial charge in [-0.05, 0) is 30.3 Å². The maximum atomic E-state index is 14.0. The number of hydrogen-bond acceptors (Lipinski definition) is 4. The Morgan fingerprint density at radius 3 is 2.52 bits per heavy atom. The third kappa shape index (κ3) is 4.97. The summed E-state index contributed by atoms with van der Waals surface area (Å²) in [6.45, 7) is 0. The highest BCUT2D eigenvalue weighted by Gasteiger charge is 2.30. The quantitative estimate of drug-likeness (QED) is 0.360. The molecule has 2 aromatic carbocycles. The van der Waals surface area contributed by atoms with Gasteiger partial charge >= 0.3 is 12.1 Å². The zero-order valence-corrected chi connectivity index (χ0v) is 13.0. The molecule has 2 aromatic rings. The molecular formula is C17H14F4N2O2. The van der Waals surface area contributed by atoms with Crippen molar-refractivity contribution in [2.45, 2.75) is 6.18 Å². The van der Waals surface area contributed by atoms with Gasteiger partial charge in [-0.25, -0.2) is 9.18 Å². The first-order valence-electron chi connectivity index (χ1n) is 7.05. The number of hydrogen-bond donors (Lipinski definition) is 2. The molecule has 0 fully saturated rings. The molecule has 2 rings (SSSR count). The van der Waals surface area contributed by atoms with Crippen molar-refractivity contribution in [3.63, 3.8) is 0 Å². The summed E-state index contributed by atoms with van der Waals surface area (Å²) >= 11 is 0. The molecule has 2 N–H and O–H groups in total. The third-order valence-electron chi connectivity index (χ3n) is 3.17. The van der Waals surface area contributed by atoms with E-state index in [1.807, 2.05) is 0 Å². The van der Waals surface area contributed by atoms with Crippen LogP contribution in [0.3, 0.4) is 0 Å². The van der Waals surface area contributed by atoms with Gasteiger partial charge in [0.05, 0.1) is 24.0 Å². The van der Waals surface area contributed by atoms with Gasteiger partial charge in [-0.2, -0.15) is 13.2 Å². The van der Waals surface area contributed by atoms with E-state index in [4.69, 9.17) is 0 Å². The van der Waals surface area contributed by atoms with Gasteiger partial charge in [0, 0.05) is 11.6 Å². The molecule has 25 heavy (non-hydrogen) atoms. The second-order valence-electron chi connectivity index (χ2n) is 4.89. The van der Waals surface area contributed by atoms with Crippen molar-refractivity contribution in [1.29, 1.82) is 0 Å². The smallest absolute Gasteiger partial charge is 0.416 e. The van der Waals surface area contributed by atoms with Crippen LogP contribution in [-0.2, 0) is 15.7 Å². The lowest BCUT2D eigenvalue weighted by Crippen LogP contribution is -2.12. The van der Waals surface area contributed by atoms with Crippen molar-refractivity contribution >= 4 is 23.4 Å². The molecule has 0 aliphatic heterocycles. The first-order valence-corrected chi connectivity index (χ1v) is 7.05. The van der Waals surface area contributed by atoms with E-state index >= 15 is 0 Å². The molecule has 0 saturated carbocycles. The van der Waals surface area contributed by atoms with Gasteiger partial charge in [-0.15, -0.1) is 0 Å². The molecule has 0 heterocycles. The van der Waals surface area contributed by atoms with Gasteiger partial charge in [0.1, 0.15) is 5.82 Å². The second-order valence-corrected chi connectivity index (χ2v) is 4.89. The number of halogens is 4. The van der Waals surface area contributed by atoms with Crippen molar-refractivity contribution in [1.82, 2.24) is 0 Å². The Kier molecular flexibility index (Phi) is 5.63. The van der Waals surface area contributed by atoms with Crippen LogP contribution in [0.15, 0.2) is 48.5 Å². The molecule has 0 spiro atoms. The van der Waals surface area contributed by atoms with Gasteiger partial charge < -0.3 is 10.2 Å². The van der Waals surface area contributed by atoms with E-state index in [0.717, 1.165) is 18.2 Å². The number of para-hydroxylation sites is 1. The number of benzene rings is 2. The molecule has 4 nitrogen and oxygen atoms in total. The Hall–Kier alpha value is -3.03. The van der Waals surface area contributed by atoms with Crippen molar-refractivity contribution < 1.29 is 27.1 Å². The summed E-state index contributed by atoms with van der Waals surface area (Å²) in [7, 11) is 1.20. The summed E-state index contributed by atoms with van der Waals surface area (Å²) < 4.78 is 56.6. The molecule has 8 heteroatoms. The second kappa shape index (κ2) is 7.69. The average molecular weight is 354 g/mol. The van der Waals surface area contributed by atoms with E-state index in [0.29, 0.717) is 5.56 Å². The predicted octanol–water partition coefficient (Wildman–Crippen LogP) is 4.47. The Labute approximate surface area is 141 Å². The summed E-state index contributed by atoms with van der Waals surface area (Å²) in [4.78, 5) is 11.1. The topological polar surface area (TPSA) is 50.4 Å². The molecule has 0 amide bonds. The highest BCUT2D eigenvalue weighted by atomic mass is 19.4. The van der Waals surface area contributed by atoms with Crippen LogP contribution in [0, 0.1) is 5.82 Å². The maximum absolute atomic E-state index is 14.0. The van der Waals surface area contributed by atoms with Crippen molar-refractivity contribution in [2.75, 3.05) is 18.0 Å². The van der Waals surface area contributed by atoms with Crippen LogP contribution in [0.2, 0.25) is 0 Å². The Morgan fingerprint density at radius 2 is 1.84 bits per heavy atom. The number of hydrazine groups is 1. The molecule has 0 aromatic heterocycles. The fraction of sp³-hybridized carbons (Fsp3) is 0.118. The maximum Gasteiger partial charge on any atom is 0.416 e. The van der Waals surface area contributed by atoms with Crippen LogP contribution in [0.25, 0.3) is 6.08 Å². The van der Waals surface area contributed by atoms with E-state index < -0.39 is 23.5 Å². The monoisotopic (exact) mass is 354 g/mol. The van der Waals surface area contributed by atoms with Gasteiger partial charge in [-0.1, -0.05) is 18.2 Å². The minimum atomic E-state index is -4.48. The first-order chi connectivity index (χ1) is 11.8. The highest BCUT2D eigenvalue weighted by Crippen LogP contribution is 2.31. The largest absolute Gasteiger partial charge is 0.466 e. The van der Waals surface area contributed by atoms with Crippen LogP contribution in [-0.4, -0.2) is 13.1 Å². The van der Waals surface area contributed by atoms with Crippen molar-refractivity contribution in [3.8, 4) is 0 Å². The predicted molar refractivity (Wildman–Crippen MR) is 86.1 cm³/mol. The van der Waals surface area contributed by atoms with Gasteiger partial charge in [-0.3, -0.25) is 5.43 Å². The molecule has 0 atom stereocenters.